The molecule has 0 unspecified atom stereocenters. The van der Waals surface area contributed by atoms with Crippen molar-refractivity contribution in [1.82, 2.24) is 14.5 Å². The van der Waals surface area contributed by atoms with Crippen molar-refractivity contribution in [2.75, 3.05) is 6.54 Å². The molecule has 104 valence electrons. The number of sulfonamides is 1. The predicted molar refractivity (Wildman–Crippen MR) is 73.3 cm³/mol. The molecule has 0 radical (unpaired) electrons. The van der Waals surface area contributed by atoms with Crippen molar-refractivity contribution < 1.29 is 8.42 Å². The summed E-state index contributed by atoms with van der Waals surface area (Å²) in [5, 5.41) is 13.0. The highest BCUT2D eigenvalue weighted by molar-refractivity contribution is 7.89. The zero-order chi connectivity index (χ0) is 14.6. The van der Waals surface area contributed by atoms with E-state index in [1.165, 1.54) is 12.1 Å². The maximum absolute atomic E-state index is 12.1. The summed E-state index contributed by atoms with van der Waals surface area (Å²) < 4.78 is 28.5. The van der Waals surface area contributed by atoms with E-state index in [2.05, 4.69) is 9.82 Å². The van der Waals surface area contributed by atoms with Gasteiger partial charge in [0.05, 0.1) is 10.5 Å². The average molecular weight is 290 g/mol. The first kappa shape index (κ1) is 14.2. The van der Waals surface area contributed by atoms with E-state index in [-0.39, 0.29) is 17.0 Å². The minimum atomic E-state index is -3.67. The van der Waals surface area contributed by atoms with Gasteiger partial charge in [0, 0.05) is 31.9 Å². The van der Waals surface area contributed by atoms with Gasteiger partial charge < -0.3 is 0 Å². The van der Waals surface area contributed by atoms with Gasteiger partial charge in [-0.2, -0.15) is 10.4 Å². The molecular weight excluding hydrogens is 276 g/mol. The minimum absolute atomic E-state index is 0.00695. The Morgan fingerprint density at radius 1 is 1.35 bits per heavy atom. The van der Waals surface area contributed by atoms with Crippen LogP contribution in [-0.2, 0) is 23.5 Å². The Morgan fingerprint density at radius 2 is 2.10 bits per heavy atom. The van der Waals surface area contributed by atoms with Gasteiger partial charge in [-0.25, -0.2) is 13.1 Å². The van der Waals surface area contributed by atoms with Crippen LogP contribution in [-0.4, -0.2) is 24.7 Å². The van der Waals surface area contributed by atoms with E-state index >= 15 is 0 Å². The molecule has 20 heavy (non-hydrogen) atoms. The van der Waals surface area contributed by atoms with Crippen molar-refractivity contribution in [2.24, 2.45) is 7.05 Å². The van der Waals surface area contributed by atoms with Gasteiger partial charge in [0.25, 0.3) is 0 Å². The second-order valence-corrected chi connectivity index (χ2v) is 5.94. The SMILES string of the molecule is Cn1nccc1CCNS(=O)(=O)c1ccccc1C#N. The summed E-state index contributed by atoms with van der Waals surface area (Å²) in [5.74, 6) is 0. The number of nitriles is 1. The van der Waals surface area contributed by atoms with Gasteiger partial charge in [0.1, 0.15) is 6.07 Å². The molecule has 0 atom stereocenters. The summed E-state index contributed by atoms with van der Waals surface area (Å²) in [6.07, 6.45) is 2.19. The van der Waals surface area contributed by atoms with Crippen LogP contribution < -0.4 is 4.72 Å². The molecule has 1 heterocycles. The molecule has 0 aliphatic heterocycles. The first-order valence-electron chi connectivity index (χ1n) is 6.00. The molecule has 0 saturated carbocycles. The van der Waals surface area contributed by atoms with E-state index in [4.69, 9.17) is 5.26 Å². The van der Waals surface area contributed by atoms with Crippen molar-refractivity contribution in [1.29, 1.82) is 5.26 Å². The van der Waals surface area contributed by atoms with Crippen LogP contribution in [0.4, 0.5) is 0 Å². The van der Waals surface area contributed by atoms with Gasteiger partial charge in [-0.15, -0.1) is 0 Å². The summed E-state index contributed by atoms with van der Waals surface area (Å²) in [6, 6.07) is 9.84. The van der Waals surface area contributed by atoms with Crippen molar-refractivity contribution in [3.63, 3.8) is 0 Å². The molecule has 1 N–H and O–H groups in total. The number of benzene rings is 1. The number of hydrogen-bond donors (Lipinski definition) is 1. The van der Waals surface area contributed by atoms with Crippen LogP contribution in [0.5, 0.6) is 0 Å². The Hall–Kier alpha value is -2.17. The molecule has 2 rings (SSSR count). The summed E-state index contributed by atoms with van der Waals surface area (Å²) >= 11 is 0. The smallest absolute Gasteiger partial charge is 0.241 e. The lowest BCUT2D eigenvalue weighted by atomic mass is 10.2. The van der Waals surface area contributed by atoms with E-state index in [9.17, 15) is 8.42 Å². The van der Waals surface area contributed by atoms with Gasteiger partial charge in [-0.05, 0) is 18.2 Å². The van der Waals surface area contributed by atoms with Gasteiger partial charge in [-0.1, -0.05) is 12.1 Å². The summed E-state index contributed by atoms with van der Waals surface area (Å²) in [4.78, 5) is 0.00695. The minimum Gasteiger partial charge on any atom is -0.273 e. The summed E-state index contributed by atoms with van der Waals surface area (Å²) in [6.45, 7) is 0.252. The first-order valence-corrected chi connectivity index (χ1v) is 7.48. The van der Waals surface area contributed by atoms with Gasteiger partial charge in [0.15, 0.2) is 0 Å². The van der Waals surface area contributed by atoms with Gasteiger partial charge in [-0.3, -0.25) is 4.68 Å². The maximum atomic E-state index is 12.1. The first-order chi connectivity index (χ1) is 9.54. The lowest BCUT2D eigenvalue weighted by molar-refractivity contribution is 0.579. The third-order valence-corrected chi connectivity index (χ3v) is 4.41. The lowest BCUT2D eigenvalue weighted by Gasteiger charge is -2.08. The largest absolute Gasteiger partial charge is 0.273 e. The molecule has 0 saturated heterocycles. The Balaban J connectivity index is 2.09. The highest BCUT2D eigenvalue weighted by atomic mass is 32.2. The van der Waals surface area contributed by atoms with Gasteiger partial charge >= 0.3 is 0 Å². The highest BCUT2D eigenvalue weighted by Gasteiger charge is 2.17. The zero-order valence-corrected chi connectivity index (χ0v) is 11.8. The molecule has 1 aromatic heterocycles. The van der Waals surface area contributed by atoms with Crippen LogP contribution in [0.2, 0.25) is 0 Å². The molecule has 2 aromatic rings. The van der Waals surface area contributed by atoms with E-state index in [0.29, 0.717) is 6.42 Å². The molecule has 0 spiro atoms. The van der Waals surface area contributed by atoms with Crippen LogP contribution in [0.15, 0.2) is 41.4 Å². The lowest BCUT2D eigenvalue weighted by Crippen LogP contribution is -2.27. The second-order valence-electron chi connectivity index (χ2n) is 4.20. The van der Waals surface area contributed by atoms with Crippen LogP contribution in [0.1, 0.15) is 11.3 Å². The van der Waals surface area contributed by atoms with Crippen LogP contribution >= 0.6 is 0 Å². The number of nitrogens with one attached hydrogen (secondary N) is 1. The van der Waals surface area contributed by atoms with E-state index in [1.54, 1.807) is 30.1 Å². The molecule has 0 amide bonds. The molecule has 7 heteroatoms. The molecule has 0 aliphatic carbocycles. The quantitative estimate of drug-likeness (QED) is 0.882. The highest BCUT2D eigenvalue weighted by Crippen LogP contribution is 2.13. The Labute approximate surface area is 117 Å². The summed E-state index contributed by atoms with van der Waals surface area (Å²) in [5.41, 5.74) is 1.07. The predicted octanol–water partition coefficient (Wildman–Crippen LogP) is 0.813. The monoisotopic (exact) mass is 290 g/mol. The fourth-order valence-electron chi connectivity index (χ4n) is 1.83. The van der Waals surface area contributed by atoms with E-state index < -0.39 is 10.0 Å². The maximum Gasteiger partial charge on any atom is 0.241 e. The number of aryl methyl sites for hydroxylation is 1. The van der Waals surface area contributed by atoms with Crippen molar-refractivity contribution in [3.8, 4) is 6.07 Å². The number of aromatic nitrogens is 2. The summed E-state index contributed by atoms with van der Waals surface area (Å²) in [7, 11) is -1.87. The molecule has 0 fully saturated rings. The van der Waals surface area contributed by atoms with E-state index in [0.717, 1.165) is 5.69 Å². The Kier molecular flexibility index (Phi) is 4.17. The Morgan fingerprint density at radius 3 is 2.75 bits per heavy atom. The Bertz CT molecular complexity index is 744. The normalized spacial score (nSPS) is 11.2. The molecule has 1 aromatic carbocycles. The van der Waals surface area contributed by atoms with Crippen LogP contribution in [0.25, 0.3) is 0 Å². The molecular formula is C13H14N4O2S. The van der Waals surface area contributed by atoms with Crippen molar-refractivity contribution >= 4 is 10.0 Å². The van der Waals surface area contributed by atoms with Crippen LogP contribution in [0.3, 0.4) is 0 Å². The molecule has 0 aliphatic rings. The number of nitrogens with zero attached hydrogens (tertiary/aromatic N) is 3. The molecule has 6 nitrogen and oxygen atoms in total. The second kappa shape index (κ2) is 5.86. The third-order valence-electron chi connectivity index (χ3n) is 2.89. The topological polar surface area (TPSA) is 87.8 Å². The van der Waals surface area contributed by atoms with Gasteiger partial charge in [0.2, 0.25) is 10.0 Å². The number of rotatable bonds is 5. The average Bonchev–Trinajstić information content (AvgIpc) is 2.84. The zero-order valence-electron chi connectivity index (χ0n) is 10.9. The molecule has 0 bridgehead atoms. The fourth-order valence-corrected chi connectivity index (χ4v) is 3.02. The van der Waals surface area contributed by atoms with Crippen molar-refractivity contribution in [2.45, 2.75) is 11.3 Å². The number of hydrogen-bond acceptors (Lipinski definition) is 4. The van der Waals surface area contributed by atoms with Crippen LogP contribution in [0, 0.1) is 11.3 Å². The third kappa shape index (κ3) is 3.04. The van der Waals surface area contributed by atoms with E-state index in [1.807, 2.05) is 12.1 Å². The fraction of sp³-hybridized carbons (Fsp3) is 0.231. The van der Waals surface area contributed by atoms with Crippen molar-refractivity contribution in [3.05, 3.63) is 47.8 Å². The standard InChI is InChI=1S/C13H14N4O2S/c1-17-12(6-8-15-17)7-9-16-20(18,19)13-5-3-2-4-11(13)10-14/h2-6,8,16H,7,9H2,1H3.